The first kappa shape index (κ1) is 19.8. The molecule has 0 bridgehead atoms. The van der Waals surface area contributed by atoms with Crippen molar-refractivity contribution >= 4 is 33.3 Å². The number of carbonyl (C=O) groups is 1. The van der Waals surface area contributed by atoms with Crippen LogP contribution in [0.1, 0.15) is 32.3 Å². The molecule has 0 aliphatic carbocycles. The van der Waals surface area contributed by atoms with E-state index < -0.39 is 0 Å². The molecule has 5 rings (SSSR count). The van der Waals surface area contributed by atoms with Gasteiger partial charge in [0.15, 0.2) is 5.13 Å². The molecule has 0 atom stereocenters. The van der Waals surface area contributed by atoms with Gasteiger partial charge in [-0.05, 0) is 30.7 Å². The molecule has 2 aromatic heterocycles. The Kier molecular flexibility index (Phi) is 5.21. The fourth-order valence-electron chi connectivity index (χ4n) is 4.05. The zero-order chi connectivity index (χ0) is 21.4. The molecule has 2 aromatic carbocycles. The van der Waals surface area contributed by atoms with E-state index in [0.717, 1.165) is 37.1 Å². The van der Waals surface area contributed by atoms with E-state index in [-0.39, 0.29) is 5.91 Å². The number of ether oxygens (including phenoxy) is 1. The maximum Gasteiger partial charge on any atom is 0.261 e. The Labute approximate surface area is 184 Å². The number of benzene rings is 2. The van der Waals surface area contributed by atoms with E-state index in [4.69, 9.17) is 14.1 Å². The van der Waals surface area contributed by atoms with Crippen LogP contribution in [0.4, 0.5) is 5.13 Å². The molecule has 1 aliphatic rings. The molecular weight excluding hydrogens is 410 g/mol. The van der Waals surface area contributed by atoms with E-state index in [2.05, 4.69) is 34.5 Å². The maximum atomic E-state index is 13.1. The summed E-state index contributed by atoms with van der Waals surface area (Å²) in [6.07, 6.45) is 0.888. The number of amides is 1. The lowest BCUT2D eigenvalue weighted by atomic mass is 10.1. The van der Waals surface area contributed by atoms with Gasteiger partial charge in [0, 0.05) is 36.3 Å². The third kappa shape index (κ3) is 3.94. The van der Waals surface area contributed by atoms with Gasteiger partial charge in [0.05, 0.1) is 18.4 Å². The van der Waals surface area contributed by atoms with Crippen molar-refractivity contribution in [1.29, 1.82) is 0 Å². The molecule has 1 aliphatic heterocycles. The van der Waals surface area contributed by atoms with E-state index in [1.165, 1.54) is 10.4 Å². The van der Waals surface area contributed by atoms with Crippen molar-refractivity contribution in [2.45, 2.75) is 26.4 Å². The smallest absolute Gasteiger partial charge is 0.261 e. The molecule has 0 saturated carbocycles. The number of aryl methyl sites for hydroxylation is 1. The number of nitrogens with one attached hydrogen (secondary N) is 1. The first-order chi connectivity index (χ1) is 15.1. The number of methoxy groups -OCH3 is 1. The SMILES string of the molecule is COc1ccc2oc(C)c(C(=O)Nc3nc4c(s3)CN(Cc3ccccc3)CC4)c2c1. The molecule has 1 N–H and O–H groups in total. The number of carbonyl (C=O) groups excluding carboxylic acids is 1. The summed E-state index contributed by atoms with van der Waals surface area (Å²) in [4.78, 5) is 21.4. The number of hydrogen-bond acceptors (Lipinski definition) is 6. The zero-order valence-electron chi connectivity index (χ0n) is 17.5. The lowest BCUT2D eigenvalue weighted by molar-refractivity contribution is 0.102. The van der Waals surface area contributed by atoms with Gasteiger partial charge in [0.1, 0.15) is 17.1 Å². The number of rotatable bonds is 5. The van der Waals surface area contributed by atoms with Crippen LogP contribution >= 0.6 is 11.3 Å². The van der Waals surface area contributed by atoms with Gasteiger partial charge in [-0.15, -0.1) is 11.3 Å². The highest BCUT2D eigenvalue weighted by Crippen LogP contribution is 2.32. The molecule has 3 heterocycles. The third-order valence-corrected chi connectivity index (χ3v) is 6.58. The van der Waals surface area contributed by atoms with Gasteiger partial charge in [0.25, 0.3) is 5.91 Å². The van der Waals surface area contributed by atoms with Gasteiger partial charge < -0.3 is 9.15 Å². The predicted octanol–water partition coefficient (Wildman–Crippen LogP) is 5.02. The van der Waals surface area contributed by atoms with Gasteiger partial charge in [-0.2, -0.15) is 0 Å². The minimum atomic E-state index is -0.211. The molecule has 0 radical (unpaired) electrons. The first-order valence-corrected chi connectivity index (χ1v) is 11.1. The van der Waals surface area contributed by atoms with Gasteiger partial charge in [-0.25, -0.2) is 4.98 Å². The predicted molar refractivity (Wildman–Crippen MR) is 122 cm³/mol. The molecule has 0 unspecified atom stereocenters. The number of aromatic nitrogens is 1. The Hall–Kier alpha value is -3.16. The Morgan fingerprint density at radius 3 is 2.90 bits per heavy atom. The number of anilines is 1. The second-order valence-electron chi connectivity index (χ2n) is 7.68. The molecule has 6 nitrogen and oxygen atoms in total. The summed E-state index contributed by atoms with van der Waals surface area (Å²) in [5, 5.41) is 4.36. The van der Waals surface area contributed by atoms with E-state index in [9.17, 15) is 4.79 Å². The van der Waals surface area contributed by atoms with Crippen LogP contribution in [0.2, 0.25) is 0 Å². The molecule has 4 aromatic rings. The van der Waals surface area contributed by atoms with E-state index in [1.807, 2.05) is 24.3 Å². The van der Waals surface area contributed by atoms with Crippen LogP contribution in [0.15, 0.2) is 52.9 Å². The standard InChI is InChI=1S/C24H23N3O3S/c1-15-22(18-12-17(29-2)8-9-20(18)30-15)23(28)26-24-25-19-10-11-27(14-21(19)31-24)13-16-6-4-3-5-7-16/h3-9,12H,10-11,13-14H2,1-2H3,(H,25,26,28). The van der Waals surface area contributed by atoms with Crippen LogP contribution in [0, 0.1) is 6.92 Å². The van der Waals surface area contributed by atoms with Crippen LogP contribution in [0.25, 0.3) is 11.0 Å². The van der Waals surface area contributed by atoms with Crippen molar-refractivity contribution in [1.82, 2.24) is 9.88 Å². The Bertz CT molecular complexity index is 1250. The fraction of sp³-hybridized carbons (Fsp3) is 0.250. The van der Waals surface area contributed by atoms with Crippen LogP contribution < -0.4 is 10.1 Å². The third-order valence-electron chi connectivity index (χ3n) is 5.58. The molecule has 158 valence electrons. The van der Waals surface area contributed by atoms with Gasteiger partial charge >= 0.3 is 0 Å². The summed E-state index contributed by atoms with van der Waals surface area (Å²) < 4.78 is 11.1. The van der Waals surface area contributed by atoms with Crippen molar-refractivity contribution in [3.63, 3.8) is 0 Å². The summed E-state index contributed by atoms with van der Waals surface area (Å²) in [5.41, 5.74) is 3.58. The Morgan fingerprint density at radius 1 is 1.26 bits per heavy atom. The molecule has 0 spiro atoms. The van der Waals surface area contributed by atoms with E-state index in [1.54, 1.807) is 25.4 Å². The molecule has 31 heavy (non-hydrogen) atoms. The first-order valence-electron chi connectivity index (χ1n) is 10.2. The topological polar surface area (TPSA) is 67.6 Å². The second-order valence-corrected chi connectivity index (χ2v) is 8.77. The minimum absolute atomic E-state index is 0.211. The fourth-order valence-corrected chi connectivity index (χ4v) is 5.09. The zero-order valence-corrected chi connectivity index (χ0v) is 18.3. The lowest BCUT2D eigenvalue weighted by Gasteiger charge is -2.25. The van der Waals surface area contributed by atoms with Crippen molar-refractivity contribution in [2.75, 3.05) is 19.0 Å². The maximum absolute atomic E-state index is 13.1. The number of thiazole rings is 1. The van der Waals surface area contributed by atoms with Gasteiger partial charge in [0.2, 0.25) is 0 Å². The number of hydrogen-bond donors (Lipinski definition) is 1. The number of furan rings is 1. The summed E-state index contributed by atoms with van der Waals surface area (Å²) in [5.74, 6) is 1.05. The van der Waals surface area contributed by atoms with Crippen molar-refractivity contribution < 1.29 is 13.9 Å². The van der Waals surface area contributed by atoms with Crippen LogP contribution in [0.3, 0.4) is 0 Å². The molecular formula is C24H23N3O3S. The average Bonchev–Trinajstić information content (AvgIpc) is 3.32. The molecule has 1 amide bonds. The van der Waals surface area contributed by atoms with Gasteiger partial charge in [-0.1, -0.05) is 30.3 Å². The molecule has 0 fully saturated rings. The average molecular weight is 434 g/mol. The number of fused-ring (bicyclic) bond motifs is 2. The highest BCUT2D eigenvalue weighted by Gasteiger charge is 2.24. The van der Waals surface area contributed by atoms with Crippen molar-refractivity contribution in [3.05, 3.63) is 76.0 Å². The van der Waals surface area contributed by atoms with Crippen LogP contribution in [-0.4, -0.2) is 29.4 Å². The second kappa shape index (κ2) is 8.17. The van der Waals surface area contributed by atoms with Crippen molar-refractivity contribution in [2.24, 2.45) is 0 Å². The van der Waals surface area contributed by atoms with Gasteiger partial charge in [-0.3, -0.25) is 15.0 Å². The van der Waals surface area contributed by atoms with E-state index >= 15 is 0 Å². The summed E-state index contributed by atoms with van der Waals surface area (Å²) >= 11 is 1.55. The molecule has 0 saturated heterocycles. The highest BCUT2D eigenvalue weighted by atomic mass is 32.1. The highest BCUT2D eigenvalue weighted by molar-refractivity contribution is 7.15. The largest absolute Gasteiger partial charge is 0.497 e. The normalized spacial score (nSPS) is 13.9. The van der Waals surface area contributed by atoms with Crippen LogP contribution in [-0.2, 0) is 19.5 Å². The lowest BCUT2D eigenvalue weighted by Crippen LogP contribution is -2.29. The van der Waals surface area contributed by atoms with Crippen molar-refractivity contribution in [3.8, 4) is 5.75 Å². The Morgan fingerprint density at radius 2 is 2.10 bits per heavy atom. The summed E-state index contributed by atoms with van der Waals surface area (Å²) in [6.45, 7) is 4.53. The Balaban J connectivity index is 1.34. The number of nitrogens with zero attached hydrogens (tertiary/aromatic N) is 2. The quantitative estimate of drug-likeness (QED) is 0.479. The summed E-state index contributed by atoms with van der Waals surface area (Å²) in [7, 11) is 1.61. The monoisotopic (exact) mass is 433 g/mol. The van der Waals surface area contributed by atoms with Crippen LogP contribution in [0.5, 0.6) is 5.75 Å². The molecule has 7 heteroatoms. The van der Waals surface area contributed by atoms with E-state index in [0.29, 0.717) is 27.8 Å². The summed E-state index contributed by atoms with van der Waals surface area (Å²) in [6, 6.07) is 16.0. The minimum Gasteiger partial charge on any atom is -0.497 e.